The number of amides is 1. The first kappa shape index (κ1) is 18.4. The maximum atomic E-state index is 12.9. The average molecular weight is 353 g/mol. The molecule has 5 heteroatoms. The predicted octanol–water partition coefficient (Wildman–Crippen LogP) is 3.22. The molecule has 1 aliphatic rings. The van der Waals surface area contributed by atoms with Crippen LogP contribution in [0.15, 0.2) is 48.7 Å². The van der Waals surface area contributed by atoms with Crippen LogP contribution in [0.4, 0.5) is 0 Å². The molecule has 0 unspecified atom stereocenters. The summed E-state index contributed by atoms with van der Waals surface area (Å²) in [6, 6.07) is 14.0. The van der Waals surface area contributed by atoms with E-state index in [0.29, 0.717) is 24.6 Å². The second-order valence-corrected chi connectivity index (χ2v) is 7.26. The van der Waals surface area contributed by atoms with Gasteiger partial charge in [0.2, 0.25) is 5.88 Å². The van der Waals surface area contributed by atoms with E-state index < -0.39 is 0 Å². The third-order valence-corrected chi connectivity index (χ3v) is 4.85. The summed E-state index contributed by atoms with van der Waals surface area (Å²) in [5, 5.41) is 0. The summed E-state index contributed by atoms with van der Waals surface area (Å²) >= 11 is 0. The molecule has 0 radical (unpaired) electrons. The molecule has 0 N–H and O–H groups in total. The molecule has 2 aromatic rings. The summed E-state index contributed by atoms with van der Waals surface area (Å²) in [5.74, 6) is 0.543. The van der Waals surface area contributed by atoms with Crippen LogP contribution in [-0.4, -0.2) is 52.5 Å². The van der Waals surface area contributed by atoms with Gasteiger partial charge in [0.05, 0.1) is 6.61 Å². The van der Waals surface area contributed by atoms with Crippen LogP contribution in [0.3, 0.4) is 0 Å². The molecular weight excluding hydrogens is 326 g/mol. The fourth-order valence-corrected chi connectivity index (χ4v) is 3.41. The standard InChI is InChI=1S/C21H27N3O2/c1-4-26-19-14-18(10-11-22-19)20(25)23-12-13-24(21(2,3)16-23)15-17-8-6-5-7-9-17/h5-11,14H,4,12-13,15-16H2,1-3H3. The number of ether oxygens (including phenoxy) is 1. The summed E-state index contributed by atoms with van der Waals surface area (Å²) in [4.78, 5) is 21.5. The first-order chi connectivity index (χ1) is 12.5. The van der Waals surface area contributed by atoms with Crippen molar-refractivity contribution < 1.29 is 9.53 Å². The van der Waals surface area contributed by atoms with Crippen LogP contribution in [0.25, 0.3) is 0 Å². The molecule has 0 atom stereocenters. The van der Waals surface area contributed by atoms with E-state index in [1.165, 1.54) is 5.56 Å². The van der Waals surface area contributed by atoms with Gasteiger partial charge < -0.3 is 9.64 Å². The zero-order chi connectivity index (χ0) is 18.6. The largest absolute Gasteiger partial charge is 0.478 e. The van der Waals surface area contributed by atoms with Gasteiger partial charge in [-0.3, -0.25) is 9.69 Å². The van der Waals surface area contributed by atoms with E-state index in [1.807, 2.05) is 17.9 Å². The van der Waals surface area contributed by atoms with Crippen LogP contribution in [0.5, 0.6) is 5.88 Å². The van der Waals surface area contributed by atoms with Crippen molar-refractivity contribution in [3.63, 3.8) is 0 Å². The molecule has 1 amide bonds. The Morgan fingerprint density at radius 3 is 2.65 bits per heavy atom. The van der Waals surface area contributed by atoms with Crippen molar-refractivity contribution in [3.8, 4) is 5.88 Å². The molecule has 5 nitrogen and oxygen atoms in total. The lowest BCUT2D eigenvalue weighted by molar-refractivity contribution is 0.0138. The Morgan fingerprint density at radius 1 is 1.19 bits per heavy atom. The molecule has 3 rings (SSSR count). The summed E-state index contributed by atoms with van der Waals surface area (Å²) in [7, 11) is 0. The highest BCUT2D eigenvalue weighted by atomic mass is 16.5. The molecule has 1 saturated heterocycles. The second-order valence-electron chi connectivity index (χ2n) is 7.26. The van der Waals surface area contributed by atoms with E-state index in [4.69, 9.17) is 4.74 Å². The molecule has 0 spiro atoms. The molecule has 1 aromatic heterocycles. The van der Waals surface area contributed by atoms with Gasteiger partial charge in [-0.1, -0.05) is 30.3 Å². The van der Waals surface area contributed by atoms with Crippen molar-refractivity contribution in [2.75, 3.05) is 26.2 Å². The average Bonchev–Trinajstić information content (AvgIpc) is 2.64. The van der Waals surface area contributed by atoms with Gasteiger partial charge in [-0.25, -0.2) is 4.98 Å². The zero-order valence-electron chi connectivity index (χ0n) is 15.8. The number of carbonyl (C=O) groups is 1. The smallest absolute Gasteiger partial charge is 0.254 e. The summed E-state index contributed by atoms with van der Waals surface area (Å²) in [5.41, 5.74) is 1.85. The predicted molar refractivity (Wildman–Crippen MR) is 102 cm³/mol. The van der Waals surface area contributed by atoms with Crippen LogP contribution >= 0.6 is 0 Å². The minimum Gasteiger partial charge on any atom is -0.478 e. The quantitative estimate of drug-likeness (QED) is 0.828. The molecule has 26 heavy (non-hydrogen) atoms. The van der Waals surface area contributed by atoms with Gasteiger partial charge in [-0.2, -0.15) is 0 Å². The summed E-state index contributed by atoms with van der Waals surface area (Å²) in [6.45, 7) is 10.0. The normalized spacial score (nSPS) is 17.1. The van der Waals surface area contributed by atoms with Gasteiger partial charge in [0, 0.05) is 49.5 Å². The number of piperazine rings is 1. The van der Waals surface area contributed by atoms with Crippen LogP contribution in [0.2, 0.25) is 0 Å². The monoisotopic (exact) mass is 353 g/mol. The number of pyridine rings is 1. The third-order valence-electron chi connectivity index (χ3n) is 4.85. The number of hydrogen-bond donors (Lipinski definition) is 0. The van der Waals surface area contributed by atoms with Gasteiger partial charge >= 0.3 is 0 Å². The van der Waals surface area contributed by atoms with Gasteiger partial charge in [-0.15, -0.1) is 0 Å². The first-order valence-electron chi connectivity index (χ1n) is 9.17. The van der Waals surface area contributed by atoms with Gasteiger partial charge in [0.15, 0.2) is 0 Å². The van der Waals surface area contributed by atoms with Crippen molar-refractivity contribution in [2.45, 2.75) is 32.9 Å². The Bertz CT molecular complexity index is 746. The van der Waals surface area contributed by atoms with Crippen molar-refractivity contribution in [2.24, 2.45) is 0 Å². The van der Waals surface area contributed by atoms with Crippen LogP contribution < -0.4 is 4.74 Å². The second kappa shape index (κ2) is 7.87. The molecule has 138 valence electrons. The van der Waals surface area contributed by atoms with Crippen LogP contribution in [0.1, 0.15) is 36.7 Å². The lowest BCUT2D eigenvalue weighted by Gasteiger charge is -2.47. The zero-order valence-corrected chi connectivity index (χ0v) is 15.8. The summed E-state index contributed by atoms with van der Waals surface area (Å²) in [6.07, 6.45) is 1.63. The first-order valence-corrected chi connectivity index (χ1v) is 9.17. The number of rotatable bonds is 5. The van der Waals surface area contributed by atoms with Gasteiger partial charge in [-0.05, 0) is 32.4 Å². The Labute approximate surface area is 155 Å². The van der Waals surface area contributed by atoms with Crippen molar-refractivity contribution >= 4 is 5.91 Å². The third kappa shape index (κ3) is 4.22. The van der Waals surface area contributed by atoms with E-state index >= 15 is 0 Å². The maximum absolute atomic E-state index is 12.9. The highest BCUT2D eigenvalue weighted by Gasteiger charge is 2.35. The highest BCUT2D eigenvalue weighted by Crippen LogP contribution is 2.25. The topological polar surface area (TPSA) is 45.7 Å². The number of nitrogens with zero attached hydrogens (tertiary/aromatic N) is 3. The Hall–Kier alpha value is -2.40. The molecule has 1 aliphatic heterocycles. The SMILES string of the molecule is CCOc1cc(C(=O)N2CCN(Cc3ccccc3)C(C)(C)C2)ccn1. The number of benzene rings is 1. The van der Waals surface area contributed by atoms with Gasteiger partial charge in [0.1, 0.15) is 0 Å². The Balaban J connectivity index is 1.68. The molecular formula is C21H27N3O2. The molecule has 1 fully saturated rings. The molecule has 0 aliphatic carbocycles. The maximum Gasteiger partial charge on any atom is 0.254 e. The van der Waals surface area contributed by atoms with Crippen molar-refractivity contribution in [3.05, 3.63) is 59.8 Å². The fraction of sp³-hybridized carbons (Fsp3) is 0.429. The molecule has 0 bridgehead atoms. The minimum absolute atomic E-state index is 0.0424. The number of hydrogen-bond acceptors (Lipinski definition) is 4. The van der Waals surface area contributed by atoms with Gasteiger partial charge in [0.25, 0.3) is 5.91 Å². The minimum atomic E-state index is -0.0838. The van der Waals surface area contributed by atoms with Crippen molar-refractivity contribution in [1.29, 1.82) is 0 Å². The van der Waals surface area contributed by atoms with Crippen LogP contribution in [-0.2, 0) is 6.54 Å². The van der Waals surface area contributed by atoms with E-state index in [-0.39, 0.29) is 11.4 Å². The van der Waals surface area contributed by atoms with E-state index in [2.05, 4.69) is 48.0 Å². The lowest BCUT2D eigenvalue weighted by Crippen LogP contribution is -2.59. The number of carbonyl (C=O) groups excluding carboxylic acids is 1. The van der Waals surface area contributed by atoms with E-state index in [9.17, 15) is 4.79 Å². The van der Waals surface area contributed by atoms with Crippen molar-refractivity contribution in [1.82, 2.24) is 14.8 Å². The van der Waals surface area contributed by atoms with E-state index in [1.54, 1.807) is 18.3 Å². The Kier molecular flexibility index (Phi) is 5.57. The lowest BCUT2D eigenvalue weighted by atomic mass is 9.97. The molecule has 1 aromatic carbocycles. The number of aromatic nitrogens is 1. The molecule has 0 saturated carbocycles. The van der Waals surface area contributed by atoms with E-state index in [0.717, 1.165) is 19.6 Å². The Morgan fingerprint density at radius 2 is 1.96 bits per heavy atom. The highest BCUT2D eigenvalue weighted by molar-refractivity contribution is 5.94. The molecule has 2 heterocycles. The summed E-state index contributed by atoms with van der Waals surface area (Å²) < 4.78 is 5.42. The van der Waals surface area contributed by atoms with Crippen LogP contribution in [0, 0.1) is 0 Å². The fourth-order valence-electron chi connectivity index (χ4n) is 3.41.